The monoisotopic (exact) mass is 277 g/mol. The molecule has 0 spiro atoms. The number of hydrogen-bond donors (Lipinski definition) is 0. The Labute approximate surface area is 120 Å². The van der Waals surface area contributed by atoms with Gasteiger partial charge in [0.05, 0.1) is 19.6 Å². The zero-order valence-corrected chi connectivity index (χ0v) is 12.4. The number of amides is 1. The van der Waals surface area contributed by atoms with E-state index in [2.05, 4.69) is 0 Å². The highest BCUT2D eigenvalue weighted by Gasteiger charge is 2.12. The normalized spacial score (nSPS) is 13.3. The van der Waals surface area contributed by atoms with Crippen LogP contribution in [0.4, 0.5) is 0 Å². The van der Waals surface area contributed by atoms with Crippen molar-refractivity contribution in [3.8, 4) is 11.5 Å². The SMILES string of the molecule is CCN(CC)C(=O)CCOc1ccc2c(c1)CCCO2. The first-order chi connectivity index (χ1) is 9.74. The number of aryl methyl sites for hydroxylation is 1. The Morgan fingerprint density at radius 3 is 2.90 bits per heavy atom. The quantitative estimate of drug-likeness (QED) is 0.802. The van der Waals surface area contributed by atoms with E-state index in [0.29, 0.717) is 13.0 Å². The molecule has 1 aromatic rings. The van der Waals surface area contributed by atoms with Crippen LogP contribution in [0.2, 0.25) is 0 Å². The summed E-state index contributed by atoms with van der Waals surface area (Å²) in [6.07, 6.45) is 2.51. The highest BCUT2D eigenvalue weighted by Crippen LogP contribution is 2.28. The van der Waals surface area contributed by atoms with Crippen LogP contribution < -0.4 is 9.47 Å². The summed E-state index contributed by atoms with van der Waals surface area (Å²) < 4.78 is 11.2. The average molecular weight is 277 g/mol. The summed E-state index contributed by atoms with van der Waals surface area (Å²) in [6.45, 7) is 6.72. The molecule has 1 aromatic carbocycles. The van der Waals surface area contributed by atoms with Crippen LogP contribution in [0, 0.1) is 0 Å². The summed E-state index contributed by atoms with van der Waals surface area (Å²) in [7, 11) is 0. The standard InChI is InChI=1S/C16H23NO3/c1-3-17(4-2)16(18)9-11-19-14-7-8-15-13(12-14)6-5-10-20-15/h7-8,12H,3-6,9-11H2,1-2H3. The largest absolute Gasteiger partial charge is 0.493 e. The molecule has 1 amide bonds. The van der Waals surface area contributed by atoms with Gasteiger partial charge in [0, 0.05) is 13.1 Å². The summed E-state index contributed by atoms with van der Waals surface area (Å²) in [5.41, 5.74) is 1.20. The first-order valence-corrected chi connectivity index (χ1v) is 7.41. The molecule has 0 fully saturated rings. The molecule has 4 heteroatoms. The number of ether oxygens (including phenoxy) is 2. The fourth-order valence-corrected chi connectivity index (χ4v) is 2.42. The van der Waals surface area contributed by atoms with E-state index < -0.39 is 0 Å². The Bertz CT molecular complexity index is 455. The molecule has 0 aliphatic carbocycles. The number of hydrogen-bond acceptors (Lipinski definition) is 3. The number of benzene rings is 1. The van der Waals surface area contributed by atoms with Crippen molar-refractivity contribution in [2.45, 2.75) is 33.1 Å². The van der Waals surface area contributed by atoms with Gasteiger partial charge in [-0.25, -0.2) is 0 Å². The molecule has 0 N–H and O–H groups in total. The molecule has 1 aliphatic rings. The molecule has 0 unspecified atom stereocenters. The lowest BCUT2D eigenvalue weighted by Gasteiger charge is -2.19. The molecule has 110 valence electrons. The van der Waals surface area contributed by atoms with Crippen LogP contribution in [0.25, 0.3) is 0 Å². The van der Waals surface area contributed by atoms with Gasteiger partial charge < -0.3 is 14.4 Å². The van der Waals surface area contributed by atoms with Crippen molar-refractivity contribution in [2.24, 2.45) is 0 Å². The number of carbonyl (C=O) groups excluding carboxylic acids is 1. The topological polar surface area (TPSA) is 38.8 Å². The van der Waals surface area contributed by atoms with Crippen LogP contribution in [0.15, 0.2) is 18.2 Å². The zero-order chi connectivity index (χ0) is 14.4. The Morgan fingerprint density at radius 2 is 2.15 bits per heavy atom. The van der Waals surface area contributed by atoms with E-state index in [1.54, 1.807) is 0 Å². The number of fused-ring (bicyclic) bond motifs is 1. The smallest absolute Gasteiger partial charge is 0.225 e. The van der Waals surface area contributed by atoms with Gasteiger partial charge in [-0.2, -0.15) is 0 Å². The molecule has 0 saturated heterocycles. The lowest BCUT2D eigenvalue weighted by atomic mass is 10.1. The average Bonchev–Trinajstić information content (AvgIpc) is 2.48. The molecule has 0 radical (unpaired) electrons. The molecule has 2 rings (SSSR count). The Kier molecular flexibility index (Phi) is 5.27. The highest BCUT2D eigenvalue weighted by molar-refractivity contribution is 5.76. The van der Waals surface area contributed by atoms with Crippen molar-refractivity contribution in [3.05, 3.63) is 23.8 Å². The lowest BCUT2D eigenvalue weighted by molar-refractivity contribution is -0.131. The number of rotatable bonds is 6. The molecule has 4 nitrogen and oxygen atoms in total. The van der Waals surface area contributed by atoms with E-state index in [4.69, 9.17) is 9.47 Å². The maximum atomic E-state index is 11.9. The lowest BCUT2D eigenvalue weighted by Crippen LogP contribution is -2.31. The predicted molar refractivity (Wildman–Crippen MR) is 78.3 cm³/mol. The predicted octanol–water partition coefficient (Wildman–Crippen LogP) is 2.65. The van der Waals surface area contributed by atoms with Crippen molar-refractivity contribution in [1.29, 1.82) is 0 Å². The second kappa shape index (κ2) is 7.17. The third-order valence-electron chi connectivity index (χ3n) is 3.58. The molecular weight excluding hydrogens is 254 g/mol. The van der Waals surface area contributed by atoms with E-state index in [1.807, 2.05) is 36.9 Å². The minimum absolute atomic E-state index is 0.149. The number of carbonyl (C=O) groups is 1. The molecule has 0 atom stereocenters. The van der Waals surface area contributed by atoms with Gasteiger partial charge in [-0.3, -0.25) is 4.79 Å². The van der Waals surface area contributed by atoms with Gasteiger partial charge >= 0.3 is 0 Å². The van der Waals surface area contributed by atoms with Gasteiger partial charge in [0.2, 0.25) is 5.91 Å². The van der Waals surface area contributed by atoms with Gasteiger partial charge in [0.15, 0.2) is 0 Å². The second-order valence-corrected chi connectivity index (χ2v) is 4.89. The first-order valence-electron chi connectivity index (χ1n) is 7.41. The van der Waals surface area contributed by atoms with Gasteiger partial charge in [0.1, 0.15) is 11.5 Å². The maximum Gasteiger partial charge on any atom is 0.225 e. The maximum absolute atomic E-state index is 11.9. The summed E-state index contributed by atoms with van der Waals surface area (Å²) >= 11 is 0. The minimum Gasteiger partial charge on any atom is -0.493 e. The van der Waals surface area contributed by atoms with Crippen molar-refractivity contribution in [2.75, 3.05) is 26.3 Å². The van der Waals surface area contributed by atoms with E-state index in [9.17, 15) is 4.79 Å². The van der Waals surface area contributed by atoms with Gasteiger partial charge in [-0.1, -0.05) is 0 Å². The third-order valence-corrected chi connectivity index (χ3v) is 3.58. The van der Waals surface area contributed by atoms with Crippen LogP contribution in [0.1, 0.15) is 32.3 Å². The van der Waals surface area contributed by atoms with Crippen molar-refractivity contribution < 1.29 is 14.3 Å². The molecule has 1 aliphatic heterocycles. The van der Waals surface area contributed by atoms with Gasteiger partial charge in [-0.05, 0) is 50.5 Å². The minimum atomic E-state index is 0.149. The molecule has 20 heavy (non-hydrogen) atoms. The van der Waals surface area contributed by atoms with Crippen molar-refractivity contribution >= 4 is 5.91 Å². The fraction of sp³-hybridized carbons (Fsp3) is 0.562. The molecular formula is C16H23NO3. The second-order valence-electron chi connectivity index (χ2n) is 4.89. The highest BCUT2D eigenvalue weighted by atomic mass is 16.5. The molecule has 1 heterocycles. The van der Waals surface area contributed by atoms with Crippen molar-refractivity contribution in [3.63, 3.8) is 0 Å². The van der Waals surface area contributed by atoms with E-state index in [-0.39, 0.29) is 5.91 Å². The zero-order valence-electron chi connectivity index (χ0n) is 12.4. The number of nitrogens with zero attached hydrogens (tertiary/aromatic N) is 1. The van der Waals surface area contributed by atoms with E-state index in [0.717, 1.165) is 44.0 Å². The van der Waals surface area contributed by atoms with Crippen LogP contribution in [-0.4, -0.2) is 37.1 Å². The summed E-state index contributed by atoms with van der Waals surface area (Å²) in [6, 6.07) is 5.89. The molecule has 0 aromatic heterocycles. The van der Waals surface area contributed by atoms with Crippen LogP contribution >= 0.6 is 0 Å². The Balaban J connectivity index is 1.84. The summed E-state index contributed by atoms with van der Waals surface area (Å²) in [5, 5.41) is 0. The van der Waals surface area contributed by atoms with Crippen LogP contribution in [0.5, 0.6) is 11.5 Å². The van der Waals surface area contributed by atoms with Crippen molar-refractivity contribution in [1.82, 2.24) is 4.90 Å². The molecule has 0 bridgehead atoms. The van der Waals surface area contributed by atoms with Gasteiger partial charge in [-0.15, -0.1) is 0 Å². The van der Waals surface area contributed by atoms with Crippen LogP contribution in [0.3, 0.4) is 0 Å². The van der Waals surface area contributed by atoms with E-state index in [1.165, 1.54) is 5.56 Å². The van der Waals surface area contributed by atoms with Crippen LogP contribution in [-0.2, 0) is 11.2 Å². The van der Waals surface area contributed by atoms with E-state index >= 15 is 0 Å². The third kappa shape index (κ3) is 3.65. The first kappa shape index (κ1) is 14.7. The summed E-state index contributed by atoms with van der Waals surface area (Å²) in [4.78, 5) is 13.7. The molecule has 0 saturated carbocycles. The Morgan fingerprint density at radius 1 is 1.35 bits per heavy atom. The van der Waals surface area contributed by atoms with Gasteiger partial charge in [0.25, 0.3) is 0 Å². The summed E-state index contributed by atoms with van der Waals surface area (Å²) in [5.74, 6) is 1.93. The fourth-order valence-electron chi connectivity index (χ4n) is 2.42. The Hall–Kier alpha value is -1.71.